The molecule has 0 unspecified atom stereocenters. The highest BCUT2D eigenvalue weighted by molar-refractivity contribution is 7.80. The summed E-state index contributed by atoms with van der Waals surface area (Å²) in [6.45, 7) is 3.56. The van der Waals surface area contributed by atoms with Crippen LogP contribution in [0.4, 0.5) is 5.69 Å². The fraction of sp³-hybridized carbons (Fsp3) is 0.562. The van der Waals surface area contributed by atoms with Gasteiger partial charge in [0.15, 0.2) is 0 Å². The molecule has 1 aromatic rings. The second kappa shape index (κ2) is 7.60. The molecule has 0 spiro atoms. The number of nitrogens with two attached hydrogens (primary N) is 1. The Labute approximate surface area is 126 Å². The number of aryl methyl sites for hydroxylation is 1. The second-order valence-electron chi connectivity index (χ2n) is 5.47. The molecule has 0 bridgehead atoms. The van der Waals surface area contributed by atoms with E-state index in [1.54, 1.807) is 0 Å². The lowest BCUT2D eigenvalue weighted by atomic mass is 9.98. The summed E-state index contributed by atoms with van der Waals surface area (Å²) in [6.07, 6.45) is 6.85. The molecule has 0 saturated heterocycles. The van der Waals surface area contributed by atoms with Crippen molar-refractivity contribution in [3.05, 3.63) is 29.3 Å². The first-order valence-electron chi connectivity index (χ1n) is 7.43. The number of anilines is 1. The van der Waals surface area contributed by atoms with E-state index in [1.807, 2.05) is 19.1 Å². The molecule has 3 N–H and O–H groups in total. The maximum Gasteiger partial charge on any atom is 0.106 e. The first-order valence-corrected chi connectivity index (χ1v) is 7.83. The Morgan fingerprint density at radius 1 is 1.35 bits per heavy atom. The molecule has 1 aliphatic rings. The van der Waals surface area contributed by atoms with Crippen LogP contribution in [0, 0.1) is 6.92 Å². The number of ether oxygens (including phenoxy) is 1. The van der Waals surface area contributed by atoms with Gasteiger partial charge in [0.25, 0.3) is 0 Å². The zero-order valence-corrected chi connectivity index (χ0v) is 13.0. The predicted molar refractivity (Wildman–Crippen MR) is 88.4 cm³/mol. The fourth-order valence-electron chi connectivity index (χ4n) is 2.66. The van der Waals surface area contributed by atoms with E-state index in [4.69, 9.17) is 22.7 Å². The number of hydrogen-bond acceptors (Lipinski definition) is 3. The Kier molecular flexibility index (Phi) is 5.80. The van der Waals surface area contributed by atoms with Gasteiger partial charge < -0.3 is 15.8 Å². The summed E-state index contributed by atoms with van der Waals surface area (Å²) in [7, 11) is 0. The zero-order valence-electron chi connectivity index (χ0n) is 12.2. The number of rotatable bonds is 6. The van der Waals surface area contributed by atoms with Gasteiger partial charge in [0.2, 0.25) is 0 Å². The third kappa shape index (κ3) is 4.46. The third-order valence-corrected chi connectivity index (χ3v) is 3.98. The van der Waals surface area contributed by atoms with Gasteiger partial charge in [-0.1, -0.05) is 43.1 Å². The molecule has 110 valence electrons. The van der Waals surface area contributed by atoms with Crippen LogP contribution < -0.4 is 11.1 Å². The predicted octanol–water partition coefficient (Wildman–Crippen LogP) is 3.39. The molecule has 1 saturated carbocycles. The lowest BCUT2D eigenvalue weighted by Crippen LogP contribution is -2.21. The first kappa shape index (κ1) is 15.3. The minimum Gasteiger partial charge on any atom is -0.389 e. The fourth-order valence-corrected chi connectivity index (χ4v) is 2.83. The molecule has 20 heavy (non-hydrogen) atoms. The standard InChI is InChI=1S/C16H24N2OS/c1-12-7-8-15(14(11-12)16(17)20)18-9-10-19-13-5-3-2-4-6-13/h7-8,11,13,18H,2-6,9-10H2,1H3,(H2,17,20). The maximum atomic E-state index is 5.90. The lowest BCUT2D eigenvalue weighted by molar-refractivity contribution is 0.0347. The van der Waals surface area contributed by atoms with E-state index in [-0.39, 0.29) is 0 Å². The minimum absolute atomic E-state index is 0.435. The quantitative estimate of drug-likeness (QED) is 0.623. The van der Waals surface area contributed by atoms with Crippen molar-refractivity contribution in [1.82, 2.24) is 0 Å². The van der Waals surface area contributed by atoms with Crippen LogP contribution in [0.3, 0.4) is 0 Å². The summed E-state index contributed by atoms with van der Waals surface area (Å²) in [4.78, 5) is 0.435. The van der Waals surface area contributed by atoms with Gasteiger partial charge in [0.1, 0.15) is 4.99 Å². The number of benzene rings is 1. The van der Waals surface area contributed by atoms with Crippen LogP contribution in [0.15, 0.2) is 18.2 Å². The number of nitrogens with one attached hydrogen (secondary N) is 1. The van der Waals surface area contributed by atoms with Gasteiger partial charge in [0, 0.05) is 17.8 Å². The SMILES string of the molecule is Cc1ccc(NCCOC2CCCCC2)c(C(N)=S)c1. The maximum absolute atomic E-state index is 5.90. The molecule has 0 radical (unpaired) electrons. The van der Waals surface area contributed by atoms with Crippen LogP contribution in [0.5, 0.6) is 0 Å². The molecular formula is C16H24N2OS. The molecule has 1 aliphatic carbocycles. The Morgan fingerprint density at radius 3 is 2.80 bits per heavy atom. The molecule has 2 rings (SSSR count). The van der Waals surface area contributed by atoms with Crippen molar-refractivity contribution < 1.29 is 4.74 Å². The van der Waals surface area contributed by atoms with E-state index >= 15 is 0 Å². The molecule has 0 heterocycles. The third-order valence-electron chi connectivity index (χ3n) is 3.76. The minimum atomic E-state index is 0.435. The summed E-state index contributed by atoms with van der Waals surface area (Å²) >= 11 is 5.10. The normalized spacial score (nSPS) is 16.1. The van der Waals surface area contributed by atoms with Crippen LogP contribution in [0.25, 0.3) is 0 Å². The van der Waals surface area contributed by atoms with Gasteiger partial charge in [0.05, 0.1) is 12.7 Å². The molecule has 1 aromatic carbocycles. The van der Waals surface area contributed by atoms with Crippen molar-refractivity contribution in [2.24, 2.45) is 5.73 Å². The average molecular weight is 292 g/mol. The van der Waals surface area contributed by atoms with E-state index in [0.29, 0.717) is 11.1 Å². The average Bonchev–Trinajstić information content (AvgIpc) is 2.45. The van der Waals surface area contributed by atoms with E-state index in [9.17, 15) is 0 Å². The Bertz CT molecular complexity index is 456. The molecule has 3 nitrogen and oxygen atoms in total. The molecular weight excluding hydrogens is 268 g/mol. The molecule has 1 fully saturated rings. The van der Waals surface area contributed by atoms with Crippen molar-refractivity contribution in [2.75, 3.05) is 18.5 Å². The van der Waals surface area contributed by atoms with Gasteiger partial charge in [-0.15, -0.1) is 0 Å². The molecule has 0 amide bonds. The summed E-state index contributed by atoms with van der Waals surface area (Å²) in [5.74, 6) is 0. The first-order chi connectivity index (χ1) is 9.66. The van der Waals surface area contributed by atoms with E-state index in [0.717, 1.165) is 30.0 Å². The Balaban J connectivity index is 1.80. The van der Waals surface area contributed by atoms with Gasteiger partial charge in [-0.2, -0.15) is 0 Å². The summed E-state index contributed by atoms with van der Waals surface area (Å²) in [6, 6.07) is 6.11. The van der Waals surface area contributed by atoms with Gasteiger partial charge in [-0.05, 0) is 31.9 Å². The zero-order chi connectivity index (χ0) is 14.4. The summed E-state index contributed by atoms with van der Waals surface area (Å²) in [5, 5.41) is 3.37. The largest absolute Gasteiger partial charge is 0.389 e. The van der Waals surface area contributed by atoms with Crippen molar-refractivity contribution in [3.8, 4) is 0 Å². The van der Waals surface area contributed by atoms with Crippen molar-refractivity contribution in [1.29, 1.82) is 0 Å². The van der Waals surface area contributed by atoms with E-state index < -0.39 is 0 Å². The van der Waals surface area contributed by atoms with Crippen LogP contribution >= 0.6 is 12.2 Å². The Hall–Kier alpha value is -1.13. The Morgan fingerprint density at radius 2 is 2.10 bits per heavy atom. The van der Waals surface area contributed by atoms with Crippen LogP contribution in [-0.4, -0.2) is 24.2 Å². The van der Waals surface area contributed by atoms with Gasteiger partial charge in [-0.25, -0.2) is 0 Å². The van der Waals surface area contributed by atoms with Crippen LogP contribution in [-0.2, 0) is 4.74 Å². The second-order valence-corrected chi connectivity index (χ2v) is 5.91. The lowest BCUT2D eigenvalue weighted by Gasteiger charge is -2.22. The van der Waals surface area contributed by atoms with E-state index in [1.165, 1.54) is 32.1 Å². The van der Waals surface area contributed by atoms with Crippen molar-refractivity contribution >= 4 is 22.9 Å². The molecule has 0 aromatic heterocycles. The van der Waals surface area contributed by atoms with Gasteiger partial charge >= 0.3 is 0 Å². The molecule has 0 aliphatic heterocycles. The smallest absolute Gasteiger partial charge is 0.106 e. The molecule has 4 heteroatoms. The summed E-state index contributed by atoms with van der Waals surface area (Å²) in [5.41, 5.74) is 8.84. The number of thiocarbonyl (C=S) groups is 1. The highest BCUT2D eigenvalue weighted by Crippen LogP contribution is 2.20. The topological polar surface area (TPSA) is 47.3 Å². The monoisotopic (exact) mass is 292 g/mol. The van der Waals surface area contributed by atoms with Crippen molar-refractivity contribution in [2.45, 2.75) is 45.1 Å². The van der Waals surface area contributed by atoms with Gasteiger partial charge in [-0.3, -0.25) is 0 Å². The highest BCUT2D eigenvalue weighted by Gasteiger charge is 2.13. The number of hydrogen-bond donors (Lipinski definition) is 2. The highest BCUT2D eigenvalue weighted by atomic mass is 32.1. The van der Waals surface area contributed by atoms with Crippen LogP contribution in [0.1, 0.15) is 43.2 Å². The van der Waals surface area contributed by atoms with Crippen LogP contribution in [0.2, 0.25) is 0 Å². The summed E-state index contributed by atoms with van der Waals surface area (Å²) < 4.78 is 5.90. The molecule has 0 atom stereocenters. The van der Waals surface area contributed by atoms with Crippen molar-refractivity contribution in [3.63, 3.8) is 0 Å². The van der Waals surface area contributed by atoms with E-state index in [2.05, 4.69) is 11.4 Å².